The normalized spacial score (nSPS) is 21.8. The van der Waals surface area contributed by atoms with Crippen molar-refractivity contribution in [2.75, 3.05) is 46.1 Å². The first-order chi connectivity index (χ1) is 21.9. The number of anilines is 1. The number of ether oxygens (including phenoxy) is 3. The summed E-state index contributed by atoms with van der Waals surface area (Å²) >= 11 is 0.739. The molecule has 4 unspecified atom stereocenters. The minimum Gasteiger partial charge on any atom is -0.472 e. The van der Waals surface area contributed by atoms with E-state index in [9.17, 15) is 22.7 Å². The number of aromatic nitrogens is 3. The number of likely N-dealkylation sites (N-methyl/N-ethyl adjacent to an activating group) is 1. The molecule has 0 spiro atoms. The number of benzene rings is 2. The van der Waals surface area contributed by atoms with Crippen LogP contribution in [0.1, 0.15) is 18.4 Å². The summed E-state index contributed by atoms with van der Waals surface area (Å²) in [7, 11) is 3.51. The lowest BCUT2D eigenvalue weighted by molar-refractivity contribution is -0.137. The molecule has 16 heteroatoms. The summed E-state index contributed by atoms with van der Waals surface area (Å²) < 4.78 is 92.5. The van der Waals surface area contributed by atoms with Gasteiger partial charge in [-0.05, 0) is 44.2 Å². The molecule has 2 aliphatic heterocycles. The summed E-state index contributed by atoms with van der Waals surface area (Å²) in [6.45, 7) is 4.97. The van der Waals surface area contributed by atoms with E-state index in [1.54, 1.807) is 12.0 Å². The number of methoxy groups -OCH3 is 1. The van der Waals surface area contributed by atoms with Gasteiger partial charge in [-0.1, -0.05) is 17.9 Å². The molecule has 246 valence electrons. The topological polar surface area (TPSA) is 119 Å². The van der Waals surface area contributed by atoms with Crippen LogP contribution in [-0.4, -0.2) is 94.7 Å². The maximum Gasteiger partial charge on any atom is 0.417 e. The Balaban J connectivity index is 1.49. The maximum absolute atomic E-state index is 16.6. The van der Waals surface area contributed by atoms with E-state index in [0.717, 1.165) is 29.5 Å². The number of hydrogen-bond acceptors (Lipinski definition) is 11. The molecular formula is C30H31F5N6O4S. The van der Waals surface area contributed by atoms with E-state index < -0.39 is 46.8 Å². The Kier molecular flexibility index (Phi) is 8.75. The Morgan fingerprint density at radius 3 is 2.65 bits per heavy atom. The van der Waals surface area contributed by atoms with Gasteiger partial charge in [0.05, 0.1) is 27.3 Å². The first-order valence-corrected chi connectivity index (χ1v) is 15.2. The Bertz CT molecular complexity index is 1790. The van der Waals surface area contributed by atoms with E-state index >= 15 is 4.39 Å². The zero-order chi connectivity index (χ0) is 32.9. The van der Waals surface area contributed by atoms with Crippen LogP contribution in [0.2, 0.25) is 0 Å². The smallest absolute Gasteiger partial charge is 0.417 e. The first-order valence-electron chi connectivity index (χ1n) is 14.4. The van der Waals surface area contributed by atoms with Gasteiger partial charge in [-0.2, -0.15) is 23.1 Å². The fourth-order valence-corrected chi connectivity index (χ4v) is 6.74. The highest BCUT2D eigenvalue weighted by molar-refractivity contribution is 7.22. The second-order valence-corrected chi connectivity index (χ2v) is 12.3. The molecule has 2 aromatic heterocycles. The Labute approximate surface area is 264 Å². The average Bonchev–Trinajstić information content (AvgIpc) is 3.74. The van der Waals surface area contributed by atoms with Crippen molar-refractivity contribution in [1.29, 1.82) is 0 Å². The molecule has 0 amide bonds. The van der Waals surface area contributed by atoms with Gasteiger partial charge < -0.3 is 25.1 Å². The van der Waals surface area contributed by atoms with E-state index in [1.807, 2.05) is 11.9 Å². The van der Waals surface area contributed by atoms with Crippen LogP contribution in [0.25, 0.3) is 32.2 Å². The van der Waals surface area contributed by atoms with E-state index in [4.69, 9.17) is 19.9 Å². The Morgan fingerprint density at radius 2 is 1.96 bits per heavy atom. The number of nitrogen functional groups attached to an aromatic ring is 1. The summed E-state index contributed by atoms with van der Waals surface area (Å²) in [5.41, 5.74) is 2.54. The van der Waals surface area contributed by atoms with Gasteiger partial charge in [0.2, 0.25) is 5.88 Å². The molecule has 4 atom stereocenters. The third-order valence-electron chi connectivity index (χ3n) is 8.39. The Morgan fingerprint density at radius 1 is 1.17 bits per heavy atom. The van der Waals surface area contributed by atoms with Crippen molar-refractivity contribution >= 4 is 37.6 Å². The Hall–Kier alpha value is -3.70. The summed E-state index contributed by atoms with van der Waals surface area (Å²) in [5, 5.41) is 9.74. The molecule has 4 heterocycles. The lowest BCUT2D eigenvalue weighted by Crippen LogP contribution is -2.33. The molecule has 46 heavy (non-hydrogen) atoms. The molecule has 10 nitrogen and oxygen atoms in total. The molecule has 4 aromatic rings. The van der Waals surface area contributed by atoms with E-state index in [0.29, 0.717) is 25.9 Å². The van der Waals surface area contributed by atoms with Crippen LogP contribution in [0.15, 0.2) is 30.9 Å². The van der Waals surface area contributed by atoms with Gasteiger partial charge >= 0.3 is 12.2 Å². The molecule has 2 saturated heterocycles. The van der Waals surface area contributed by atoms with Crippen molar-refractivity contribution in [3.63, 3.8) is 0 Å². The number of halogens is 5. The molecular weight excluding hydrogens is 635 g/mol. The van der Waals surface area contributed by atoms with E-state index in [-0.39, 0.29) is 63.5 Å². The molecule has 6 rings (SSSR count). The maximum atomic E-state index is 16.6. The highest BCUT2D eigenvalue weighted by Crippen LogP contribution is 2.46. The quantitative estimate of drug-likeness (QED) is 0.190. The summed E-state index contributed by atoms with van der Waals surface area (Å²) in [4.78, 5) is 16.2. The molecule has 0 bridgehead atoms. The van der Waals surface area contributed by atoms with Gasteiger partial charge in [-0.3, -0.25) is 9.80 Å². The van der Waals surface area contributed by atoms with E-state index in [2.05, 4.69) is 21.5 Å². The second kappa shape index (κ2) is 12.5. The van der Waals surface area contributed by atoms with Crippen LogP contribution >= 0.6 is 11.3 Å². The molecule has 2 aromatic carbocycles. The number of likely N-dealkylation sites (tertiary alicyclic amines) is 2. The predicted molar refractivity (Wildman–Crippen MR) is 162 cm³/mol. The minimum atomic E-state index is -5.05. The molecule has 0 aliphatic carbocycles. The minimum absolute atomic E-state index is 0.0145. The van der Waals surface area contributed by atoms with Gasteiger partial charge in [-0.15, -0.1) is 0 Å². The number of fused-ring (bicyclic) bond motifs is 2. The number of thiazole rings is 1. The van der Waals surface area contributed by atoms with Crippen LogP contribution in [0.4, 0.5) is 27.1 Å². The molecule has 2 fully saturated rings. The van der Waals surface area contributed by atoms with Crippen molar-refractivity contribution in [3.8, 4) is 23.0 Å². The molecule has 3 N–H and O–H groups in total. The fraction of sp³-hybridized carbons (Fsp3) is 0.433. The van der Waals surface area contributed by atoms with Crippen molar-refractivity contribution in [2.45, 2.75) is 43.5 Å². The third kappa shape index (κ3) is 6.07. The number of nitrogens with zero attached hydrogens (tertiary/aromatic N) is 5. The van der Waals surface area contributed by atoms with Gasteiger partial charge in [0.25, 0.3) is 0 Å². The van der Waals surface area contributed by atoms with Crippen LogP contribution in [0, 0.1) is 11.6 Å². The number of alkyl halides is 3. The number of hydrogen-bond donors (Lipinski definition) is 2. The third-order valence-corrected chi connectivity index (χ3v) is 9.28. The van der Waals surface area contributed by atoms with Crippen molar-refractivity contribution < 1.29 is 41.3 Å². The number of rotatable bonds is 9. The van der Waals surface area contributed by atoms with Crippen LogP contribution in [0.3, 0.4) is 0 Å². The van der Waals surface area contributed by atoms with Crippen LogP contribution in [0.5, 0.6) is 11.9 Å². The largest absolute Gasteiger partial charge is 0.472 e. The highest BCUT2D eigenvalue weighted by atomic mass is 32.1. The highest BCUT2D eigenvalue weighted by Gasteiger charge is 2.39. The molecule has 2 aliphatic rings. The van der Waals surface area contributed by atoms with Crippen LogP contribution < -0.4 is 15.2 Å². The summed E-state index contributed by atoms with van der Waals surface area (Å²) in [5.74, 6) is -2.40. The van der Waals surface area contributed by atoms with Gasteiger partial charge in [0, 0.05) is 43.9 Å². The lowest BCUT2D eigenvalue weighted by Gasteiger charge is -2.22. The predicted octanol–water partition coefficient (Wildman–Crippen LogP) is 4.84. The average molecular weight is 667 g/mol. The number of nitrogens with two attached hydrogens (primary N) is 1. The molecule has 0 radical (unpaired) electrons. The SMILES string of the molecule is C=CC(O)N1CCC(Oc2nc(OCC3CC(OC)CN3C)nc3c(F)c(-c4ccc(F)c5sc(N)nc45)c(C(F)(F)F)cc23)C1. The first kappa shape index (κ1) is 32.2. The molecule has 0 saturated carbocycles. The summed E-state index contributed by atoms with van der Waals surface area (Å²) in [6, 6.07) is 2.30. The van der Waals surface area contributed by atoms with Gasteiger partial charge in [0.15, 0.2) is 10.9 Å². The van der Waals surface area contributed by atoms with Gasteiger partial charge in [0.1, 0.15) is 30.3 Å². The van der Waals surface area contributed by atoms with Crippen LogP contribution in [-0.2, 0) is 10.9 Å². The van der Waals surface area contributed by atoms with Gasteiger partial charge in [-0.25, -0.2) is 13.8 Å². The standard InChI is InChI=1S/C30H31F5N6O4S/c1-4-21(42)41-8-7-15(12-41)45-27-18-10-19(30(33,34)35)22(17-5-6-20(31)26-25(17)37-28(36)46-26)23(32)24(18)38-29(39-27)44-13-14-9-16(43-3)11-40(14)2/h4-6,10,14-16,21,42H,1,7-9,11-13H2,2-3H3,(H2,36,37). The zero-order valence-electron chi connectivity index (χ0n) is 24.9. The zero-order valence-corrected chi connectivity index (χ0v) is 25.7. The second-order valence-electron chi connectivity index (χ2n) is 11.3. The summed E-state index contributed by atoms with van der Waals surface area (Å²) in [6.07, 6.45) is -4.21. The number of aliphatic hydroxyl groups is 1. The monoisotopic (exact) mass is 666 g/mol. The fourth-order valence-electron chi connectivity index (χ4n) is 5.98. The lowest BCUT2D eigenvalue weighted by atomic mass is 9.95. The van der Waals surface area contributed by atoms with Crippen molar-refractivity contribution in [3.05, 3.63) is 48.1 Å². The number of aliphatic hydroxyl groups excluding tert-OH is 1. The van der Waals surface area contributed by atoms with Crippen molar-refractivity contribution in [1.82, 2.24) is 24.8 Å². The van der Waals surface area contributed by atoms with Crippen molar-refractivity contribution in [2.24, 2.45) is 0 Å². The van der Waals surface area contributed by atoms with E-state index in [1.165, 1.54) is 6.08 Å².